The maximum atomic E-state index is 9.82. The third-order valence-corrected chi connectivity index (χ3v) is 4.38. The highest BCUT2D eigenvalue weighted by molar-refractivity contribution is 5.44. The molecule has 0 heterocycles. The Morgan fingerprint density at radius 2 is 2.12 bits per heavy atom. The van der Waals surface area contributed by atoms with Crippen LogP contribution in [0.2, 0.25) is 0 Å². The Morgan fingerprint density at radius 1 is 1.24 bits per heavy atom. The van der Waals surface area contributed by atoms with Crippen LogP contribution in [0, 0.1) is 5.92 Å². The maximum absolute atomic E-state index is 9.82. The van der Waals surface area contributed by atoms with Crippen molar-refractivity contribution in [1.82, 2.24) is 5.32 Å². The van der Waals surface area contributed by atoms with Crippen molar-refractivity contribution in [2.24, 2.45) is 5.92 Å². The van der Waals surface area contributed by atoms with Gasteiger partial charge in [-0.1, -0.05) is 19.1 Å². The number of phenolic OH excluding ortho intramolecular Hbond substituents is 1. The highest BCUT2D eigenvalue weighted by Crippen LogP contribution is 2.37. The van der Waals surface area contributed by atoms with E-state index in [1.54, 1.807) is 6.07 Å². The summed E-state index contributed by atoms with van der Waals surface area (Å²) in [5.41, 5.74) is 2.49. The summed E-state index contributed by atoms with van der Waals surface area (Å²) in [6.07, 6.45) is 6.13. The Hall–Kier alpha value is -1.02. The van der Waals surface area contributed by atoms with Gasteiger partial charge in [-0.25, -0.2) is 0 Å². The molecule has 2 nitrogen and oxygen atoms in total. The van der Waals surface area contributed by atoms with Crippen molar-refractivity contribution in [2.75, 3.05) is 0 Å². The second-order valence-electron chi connectivity index (χ2n) is 5.72. The van der Waals surface area contributed by atoms with Crippen LogP contribution < -0.4 is 5.32 Å². The minimum atomic E-state index is 0.465. The molecule has 0 spiro atoms. The molecule has 1 fully saturated rings. The standard InChI is InChI=1S/C15H21NO/c1-10-5-6-11(9-10)16-14-8-7-13-12(14)3-2-4-15(13)17/h2-4,10-11,14,16-17H,5-9H2,1H3. The Balaban J connectivity index is 1.73. The molecule has 0 amide bonds. The number of hydrogen-bond donors (Lipinski definition) is 2. The average molecular weight is 231 g/mol. The first kappa shape index (κ1) is 11.1. The zero-order chi connectivity index (χ0) is 11.8. The van der Waals surface area contributed by atoms with E-state index in [4.69, 9.17) is 0 Å². The number of phenols is 1. The smallest absolute Gasteiger partial charge is 0.119 e. The quantitative estimate of drug-likeness (QED) is 0.819. The molecular weight excluding hydrogens is 210 g/mol. The fraction of sp³-hybridized carbons (Fsp3) is 0.600. The zero-order valence-electron chi connectivity index (χ0n) is 10.4. The molecule has 0 saturated heterocycles. The highest BCUT2D eigenvalue weighted by atomic mass is 16.3. The van der Waals surface area contributed by atoms with Gasteiger partial charge in [0.25, 0.3) is 0 Å². The first-order valence-corrected chi connectivity index (χ1v) is 6.81. The molecule has 2 aliphatic rings. The minimum absolute atomic E-state index is 0.465. The van der Waals surface area contributed by atoms with E-state index in [2.05, 4.69) is 18.3 Å². The Kier molecular flexibility index (Phi) is 2.83. The lowest BCUT2D eigenvalue weighted by Crippen LogP contribution is -2.29. The molecule has 92 valence electrons. The van der Waals surface area contributed by atoms with E-state index >= 15 is 0 Å². The van der Waals surface area contributed by atoms with Crippen molar-refractivity contribution in [1.29, 1.82) is 0 Å². The summed E-state index contributed by atoms with van der Waals surface area (Å²) in [7, 11) is 0. The van der Waals surface area contributed by atoms with Crippen LogP contribution in [0.15, 0.2) is 18.2 Å². The molecular formula is C15H21NO. The predicted octanol–water partition coefficient (Wildman–Crippen LogP) is 3.16. The van der Waals surface area contributed by atoms with E-state index in [9.17, 15) is 5.11 Å². The maximum Gasteiger partial charge on any atom is 0.119 e. The first-order chi connectivity index (χ1) is 8.24. The van der Waals surface area contributed by atoms with Crippen LogP contribution in [0.3, 0.4) is 0 Å². The SMILES string of the molecule is CC1CCC(NC2CCc3c(O)cccc32)C1. The summed E-state index contributed by atoms with van der Waals surface area (Å²) in [6, 6.07) is 7.08. The van der Waals surface area contributed by atoms with Crippen molar-refractivity contribution >= 4 is 0 Å². The second-order valence-corrected chi connectivity index (χ2v) is 5.72. The molecule has 1 saturated carbocycles. The van der Waals surface area contributed by atoms with Crippen molar-refractivity contribution in [3.05, 3.63) is 29.3 Å². The lowest BCUT2D eigenvalue weighted by molar-refractivity contribution is 0.428. The number of aromatic hydroxyl groups is 1. The van der Waals surface area contributed by atoms with E-state index in [-0.39, 0.29) is 0 Å². The zero-order valence-corrected chi connectivity index (χ0v) is 10.4. The average Bonchev–Trinajstić information content (AvgIpc) is 2.88. The lowest BCUT2D eigenvalue weighted by atomic mass is 10.1. The Morgan fingerprint density at radius 3 is 2.88 bits per heavy atom. The summed E-state index contributed by atoms with van der Waals surface area (Å²) in [6.45, 7) is 2.34. The van der Waals surface area contributed by atoms with Crippen molar-refractivity contribution < 1.29 is 5.11 Å². The summed E-state index contributed by atoms with van der Waals surface area (Å²) in [5, 5.41) is 13.6. The molecule has 1 aromatic carbocycles. The van der Waals surface area contributed by atoms with E-state index in [1.807, 2.05) is 6.07 Å². The number of rotatable bonds is 2. The fourth-order valence-corrected chi connectivity index (χ4v) is 3.45. The van der Waals surface area contributed by atoms with Gasteiger partial charge in [0.15, 0.2) is 0 Å². The Labute approximate surface area is 103 Å². The molecule has 0 bridgehead atoms. The van der Waals surface area contributed by atoms with Crippen molar-refractivity contribution in [2.45, 2.75) is 51.1 Å². The minimum Gasteiger partial charge on any atom is -0.508 e. The normalized spacial score (nSPS) is 31.7. The number of hydrogen-bond acceptors (Lipinski definition) is 2. The van der Waals surface area contributed by atoms with Crippen LogP contribution in [0.4, 0.5) is 0 Å². The Bertz CT molecular complexity index is 415. The molecule has 0 aliphatic heterocycles. The first-order valence-electron chi connectivity index (χ1n) is 6.81. The van der Waals surface area contributed by atoms with E-state index in [1.165, 1.54) is 24.8 Å². The van der Waals surface area contributed by atoms with Crippen LogP contribution in [0.25, 0.3) is 0 Å². The molecule has 1 aromatic rings. The molecule has 3 rings (SSSR count). The molecule has 0 aromatic heterocycles. The summed E-state index contributed by atoms with van der Waals surface area (Å²) in [4.78, 5) is 0. The molecule has 2 heteroatoms. The van der Waals surface area contributed by atoms with Crippen LogP contribution >= 0.6 is 0 Å². The predicted molar refractivity (Wildman–Crippen MR) is 69.1 cm³/mol. The van der Waals surface area contributed by atoms with E-state index in [0.29, 0.717) is 17.8 Å². The van der Waals surface area contributed by atoms with Gasteiger partial charge in [0.2, 0.25) is 0 Å². The van der Waals surface area contributed by atoms with Crippen molar-refractivity contribution in [3.63, 3.8) is 0 Å². The lowest BCUT2D eigenvalue weighted by Gasteiger charge is -2.19. The summed E-state index contributed by atoms with van der Waals surface area (Å²) >= 11 is 0. The topological polar surface area (TPSA) is 32.3 Å². The van der Waals surface area contributed by atoms with Gasteiger partial charge in [0, 0.05) is 12.1 Å². The molecule has 3 unspecified atom stereocenters. The largest absolute Gasteiger partial charge is 0.508 e. The summed E-state index contributed by atoms with van der Waals surface area (Å²) in [5.74, 6) is 1.35. The van der Waals surface area contributed by atoms with Gasteiger partial charge in [-0.3, -0.25) is 0 Å². The van der Waals surface area contributed by atoms with Gasteiger partial charge in [-0.05, 0) is 55.2 Å². The molecule has 3 atom stereocenters. The fourth-order valence-electron chi connectivity index (χ4n) is 3.45. The van der Waals surface area contributed by atoms with E-state index < -0.39 is 0 Å². The number of benzene rings is 1. The number of fused-ring (bicyclic) bond motifs is 1. The van der Waals surface area contributed by atoms with Crippen molar-refractivity contribution in [3.8, 4) is 5.75 Å². The third kappa shape index (κ3) is 2.06. The molecule has 2 N–H and O–H groups in total. The van der Waals surface area contributed by atoms with Gasteiger partial charge in [0.05, 0.1) is 0 Å². The van der Waals surface area contributed by atoms with Crippen LogP contribution in [0.1, 0.15) is 49.8 Å². The van der Waals surface area contributed by atoms with Crippen LogP contribution in [-0.4, -0.2) is 11.1 Å². The van der Waals surface area contributed by atoms with Gasteiger partial charge in [-0.2, -0.15) is 0 Å². The summed E-state index contributed by atoms with van der Waals surface area (Å²) < 4.78 is 0. The van der Waals surface area contributed by atoms with Gasteiger partial charge in [0.1, 0.15) is 5.75 Å². The third-order valence-electron chi connectivity index (χ3n) is 4.38. The van der Waals surface area contributed by atoms with Gasteiger partial charge >= 0.3 is 0 Å². The van der Waals surface area contributed by atoms with Gasteiger partial charge in [-0.15, -0.1) is 0 Å². The number of nitrogens with one attached hydrogen (secondary N) is 1. The second kappa shape index (κ2) is 4.34. The van der Waals surface area contributed by atoms with Gasteiger partial charge < -0.3 is 10.4 Å². The molecule has 2 aliphatic carbocycles. The molecule has 17 heavy (non-hydrogen) atoms. The monoisotopic (exact) mass is 231 g/mol. The van der Waals surface area contributed by atoms with E-state index in [0.717, 1.165) is 24.3 Å². The van der Waals surface area contributed by atoms with Crippen LogP contribution in [0.5, 0.6) is 5.75 Å². The molecule has 0 radical (unpaired) electrons. The highest BCUT2D eigenvalue weighted by Gasteiger charge is 2.29. The van der Waals surface area contributed by atoms with Crippen LogP contribution in [-0.2, 0) is 6.42 Å².